The number of benzene rings is 1. The molecule has 6 heteroatoms. The van der Waals surface area contributed by atoms with Crippen LogP contribution in [0.1, 0.15) is 38.7 Å². The number of carbonyl (C=O) groups is 1. The van der Waals surface area contributed by atoms with Crippen LogP contribution >= 0.6 is 0 Å². The van der Waals surface area contributed by atoms with Gasteiger partial charge in [-0.05, 0) is 43.0 Å². The molecule has 1 aromatic rings. The molecule has 6 nitrogen and oxygen atoms in total. The number of hydrogen-bond donors (Lipinski definition) is 1. The first-order valence-corrected chi connectivity index (χ1v) is 10.2. The highest BCUT2D eigenvalue weighted by molar-refractivity contribution is 5.85. The lowest BCUT2D eigenvalue weighted by atomic mass is 9.99. The number of unbranched alkanes of at least 4 members (excludes halogenated alkanes) is 1. The Morgan fingerprint density at radius 1 is 1.25 bits per heavy atom. The average molecular weight is 387 g/mol. The molecule has 1 N–H and O–H groups in total. The minimum Gasteiger partial charge on any atom is -0.494 e. The maximum Gasteiger partial charge on any atom is 0.243 e. The zero-order valence-electron chi connectivity index (χ0n) is 17.7. The van der Waals surface area contributed by atoms with E-state index in [0.29, 0.717) is 6.61 Å². The van der Waals surface area contributed by atoms with Crippen molar-refractivity contribution in [3.05, 3.63) is 35.9 Å². The van der Waals surface area contributed by atoms with Crippen molar-refractivity contribution in [3.63, 3.8) is 0 Å². The van der Waals surface area contributed by atoms with Gasteiger partial charge in [0, 0.05) is 33.7 Å². The summed E-state index contributed by atoms with van der Waals surface area (Å²) in [6.07, 6.45) is 5.41. The van der Waals surface area contributed by atoms with Crippen LogP contribution in [0, 0.1) is 0 Å². The lowest BCUT2D eigenvalue weighted by molar-refractivity contribution is -0.127. The molecule has 0 aliphatic carbocycles. The zero-order valence-corrected chi connectivity index (χ0v) is 17.7. The van der Waals surface area contributed by atoms with Crippen LogP contribution in [0.3, 0.4) is 0 Å². The fraction of sp³-hybridized carbons (Fsp3) is 0.545. The third kappa shape index (κ3) is 6.59. The maximum absolute atomic E-state index is 11.9. The van der Waals surface area contributed by atoms with Gasteiger partial charge in [-0.2, -0.15) is 0 Å². The summed E-state index contributed by atoms with van der Waals surface area (Å²) in [5, 5.41) is 3.42. The average Bonchev–Trinajstić information content (AvgIpc) is 2.71. The zero-order chi connectivity index (χ0) is 20.4. The molecule has 0 atom stereocenters. The van der Waals surface area contributed by atoms with Gasteiger partial charge in [-0.15, -0.1) is 0 Å². The normalized spacial score (nSPS) is 14.5. The molecule has 0 spiro atoms. The Morgan fingerprint density at radius 3 is 2.57 bits per heavy atom. The second-order valence-electron chi connectivity index (χ2n) is 7.09. The van der Waals surface area contributed by atoms with Gasteiger partial charge >= 0.3 is 0 Å². The molecule has 1 aliphatic heterocycles. The molecular formula is C22H34N4O2. The number of nitrogens with one attached hydrogen (secondary N) is 1. The van der Waals surface area contributed by atoms with E-state index >= 15 is 0 Å². The molecule has 0 bridgehead atoms. The third-order valence-corrected chi connectivity index (χ3v) is 4.72. The van der Waals surface area contributed by atoms with Crippen molar-refractivity contribution in [2.75, 3.05) is 46.9 Å². The summed E-state index contributed by atoms with van der Waals surface area (Å²) in [5.74, 6) is 1.74. The van der Waals surface area contributed by atoms with Crippen molar-refractivity contribution in [2.45, 2.75) is 33.1 Å². The van der Waals surface area contributed by atoms with Crippen molar-refractivity contribution in [2.24, 2.45) is 4.99 Å². The molecule has 28 heavy (non-hydrogen) atoms. The van der Waals surface area contributed by atoms with Crippen molar-refractivity contribution in [1.29, 1.82) is 0 Å². The van der Waals surface area contributed by atoms with E-state index < -0.39 is 0 Å². The van der Waals surface area contributed by atoms with Gasteiger partial charge in [0.2, 0.25) is 5.91 Å². The Morgan fingerprint density at radius 2 is 2.00 bits per heavy atom. The minimum absolute atomic E-state index is 0.0115. The topological polar surface area (TPSA) is 57.2 Å². The van der Waals surface area contributed by atoms with Crippen molar-refractivity contribution in [3.8, 4) is 5.75 Å². The molecule has 0 fully saturated rings. The molecule has 1 amide bonds. The van der Waals surface area contributed by atoms with Gasteiger partial charge in [0.05, 0.1) is 6.61 Å². The summed E-state index contributed by atoms with van der Waals surface area (Å²) >= 11 is 0. The fourth-order valence-electron chi connectivity index (χ4n) is 2.98. The fourth-order valence-corrected chi connectivity index (χ4v) is 2.98. The Balaban J connectivity index is 2.03. The second-order valence-corrected chi connectivity index (χ2v) is 7.09. The second kappa shape index (κ2) is 11.4. The first-order valence-electron chi connectivity index (χ1n) is 10.2. The molecule has 0 unspecified atom stereocenters. The monoisotopic (exact) mass is 386 g/mol. The highest BCUT2D eigenvalue weighted by Crippen LogP contribution is 2.24. The van der Waals surface area contributed by atoms with Gasteiger partial charge in [0.1, 0.15) is 12.3 Å². The summed E-state index contributed by atoms with van der Waals surface area (Å²) in [6, 6.07) is 8.30. The predicted octanol–water partition coefficient (Wildman–Crippen LogP) is 3.01. The number of carbonyl (C=O) groups excluding carboxylic acids is 1. The molecule has 0 saturated carbocycles. The highest BCUT2D eigenvalue weighted by Gasteiger charge is 2.17. The summed E-state index contributed by atoms with van der Waals surface area (Å²) in [5.41, 5.74) is 2.58. The van der Waals surface area contributed by atoms with E-state index in [4.69, 9.17) is 4.74 Å². The molecule has 0 aromatic heterocycles. The molecule has 1 aromatic carbocycles. The lowest BCUT2D eigenvalue weighted by Gasteiger charge is -2.30. The van der Waals surface area contributed by atoms with Crippen molar-refractivity contribution < 1.29 is 9.53 Å². The van der Waals surface area contributed by atoms with Crippen LogP contribution in [-0.4, -0.2) is 68.5 Å². The number of nitrogens with zero attached hydrogens (tertiary/aromatic N) is 3. The maximum atomic E-state index is 11.9. The molecule has 1 heterocycles. The van der Waals surface area contributed by atoms with E-state index in [-0.39, 0.29) is 12.5 Å². The first kappa shape index (κ1) is 21.8. The van der Waals surface area contributed by atoms with Gasteiger partial charge in [0.25, 0.3) is 0 Å². The van der Waals surface area contributed by atoms with Crippen LogP contribution in [0.4, 0.5) is 0 Å². The van der Waals surface area contributed by atoms with E-state index in [0.717, 1.165) is 50.6 Å². The first-order chi connectivity index (χ1) is 13.5. The summed E-state index contributed by atoms with van der Waals surface area (Å²) in [4.78, 5) is 20.3. The van der Waals surface area contributed by atoms with Crippen LogP contribution < -0.4 is 10.1 Å². The predicted molar refractivity (Wildman–Crippen MR) is 116 cm³/mol. The molecule has 0 saturated heterocycles. The van der Waals surface area contributed by atoms with Crippen molar-refractivity contribution >= 4 is 17.4 Å². The van der Waals surface area contributed by atoms with Gasteiger partial charge in [-0.25, -0.2) is 4.99 Å². The van der Waals surface area contributed by atoms with E-state index in [1.165, 1.54) is 11.1 Å². The summed E-state index contributed by atoms with van der Waals surface area (Å²) in [7, 11) is 3.52. The van der Waals surface area contributed by atoms with Crippen LogP contribution in [-0.2, 0) is 4.79 Å². The van der Waals surface area contributed by atoms with Crippen LogP contribution in [0.2, 0.25) is 0 Å². The molecule has 0 radical (unpaired) electrons. The van der Waals surface area contributed by atoms with Crippen LogP contribution in [0.5, 0.6) is 5.75 Å². The Bertz CT molecular complexity index is 680. The Labute approximate surface area is 169 Å². The summed E-state index contributed by atoms with van der Waals surface area (Å²) in [6.45, 7) is 7.56. The number of likely N-dealkylation sites (N-methyl/N-ethyl adjacent to an activating group) is 1. The van der Waals surface area contributed by atoms with Crippen LogP contribution in [0.25, 0.3) is 5.57 Å². The third-order valence-electron chi connectivity index (χ3n) is 4.72. The Kier molecular flexibility index (Phi) is 8.85. The standard InChI is InChI=1S/C22H34N4O2/c1-5-7-14-23-22(24-17-21(27)25(3)4)26-15-12-19(13-16-26)18-8-10-20(11-9-18)28-6-2/h8-12H,5-7,13-17H2,1-4H3,(H,23,24). The van der Waals surface area contributed by atoms with E-state index in [1.807, 2.05) is 19.1 Å². The SMILES string of the molecule is CCCCNC(=NCC(=O)N(C)C)N1CC=C(c2ccc(OCC)cc2)CC1. The minimum atomic E-state index is 0.0115. The van der Waals surface area contributed by atoms with Crippen LogP contribution in [0.15, 0.2) is 35.3 Å². The number of hydrogen-bond acceptors (Lipinski definition) is 3. The quantitative estimate of drug-likeness (QED) is 0.424. The lowest BCUT2D eigenvalue weighted by Crippen LogP contribution is -2.44. The van der Waals surface area contributed by atoms with Gasteiger partial charge < -0.3 is 19.9 Å². The smallest absolute Gasteiger partial charge is 0.243 e. The molecule has 2 rings (SSSR count). The number of rotatable bonds is 8. The number of amides is 1. The van der Waals surface area contributed by atoms with Gasteiger partial charge in [0.15, 0.2) is 5.96 Å². The van der Waals surface area contributed by atoms with E-state index in [2.05, 4.69) is 40.3 Å². The largest absolute Gasteiger partial charge is 0.494 e. The molecular weight excluding hydrogens is 352 g/mol. The van der Waals surface area contributed by atoms with E-state index in [1.54, 1.807) is 19.0 Å². The highest BCUT2D eigenvalue weighted by atomic mass is 16.5. The number of aliphatic imine (C=N–C) groups is 1. The van der Waals surface area contributed by atoms with Crippen molar-refractivity contribution in [1.82, 2.24) is 15.1 Å². The molecule has 154 valence electrons. The summed E-state index contributed by atoms with van der Waals surface area (Å²) < 4.78 is 5.52. The van der Waals surface area contributed by atoms with E-state index in [9.17, 15) is 4.79 Å². The molecule has 1 aliphatic rings. The van der Waals surface area contributed by atoms with Gasteiger partial charge in [-0.3, -0.25) is 4.79 Å². The number of guanidine groups is 1. The Hall–Kier alpha value is -2.50. The number of ether oxygens (including phenoxy) is 1. The van der Waals surface area contributed by atoms with Gasteiger partial charge in [-0.1, -0.05) is 31.6 Å².